The van der Waals surface area contributed by atoms with Gasteiger partial charge in [-0.25, -0.2) is 50.5 Å². The van der Waals surface area contributed by atoms with Crippen molar-refractivity contribution in [2.75, 3.05) is 74.2 Å². The van der Waals surface area contributed by atoms with Crippen molar-refractivity contribution in [1.29, 1.82) is 0 Å². The summed E-state index contributed by atoms with van der Waals surface area (Å²) in [6, 6.07) is 33.0. The first-order chi connectivity index (χ1) is 45.4. The van der Waals surface area contributed by atoms with Gasteiger partial charge in [0.15, 0.2) is 0 Å². The van der Waals surface area contributed by atoms with Crippen LogP contribution in [0.2, 0.25) is 0 Å². The molecule has 0 N–H and O–H groups in total. The van der Waals surface area contributed by atoms with Gasteiger partial charge < -0.3 is 55.7 Å². The van der Waals surface area contributed by atoms with Crippen molar-refractivity contribution < 1.29 is 284 Å². The SMILES string of the molecule is O=S(=O)([O-])CCCCOc1c2cccc1Cc1cccc(c1OCCCCS(=O)(=O)[O-])Cc1cccc(c1OCCCCS(=O)(=O)[O-])Cc1cccc(c1OCCCCS(=O)(=O)[O-])Cc1cccc(c1OCCCCS(=O)(=O)[O-])Cc1cccc(c1OCCCCS(=O)(=O)[O-])C2.[Na+].[Na+].[Na+].[Na+].[Na+].[Na+]. The molecular formula is C66H78Na6O24S6. The van der Waals surface area contributed by atoms with Crippen LogP contribution in [0.5, 0.6) is 34.5 Å². The zero-order valence-electron chi connectivity index (χ0n) is 58.9. The Morgan fingerprint density at radius 2 is 0.314 bits per heavy atom. The van der Waals surface area contributed by atoms with E-state index in [9.17, 15) is 77.8 Å². The molecular weight excluding hydrogens is 1510 g/mol. The molecule has 0 spiro atoms. The zero-order chi connectivity index (χ0) is 69.6. The van der Waals surface area contributed by atoms with Crippen molar-refractivity contribution in [3.8, 4) is 34.5 Å². The maximum Gasteiger partial charge on any atom is 1.00 e. The van der Waals surface area contributed by atoms with Crippen molar-refractivity contribution >= 4 is 60.7 Å². The molecule has 1 aliphatic carbocycles. The molecule has 0 atom stereocenters. The zero-order valence-corrected chi connectivity index (χ0v) is 75.8. The van der Waals surface area contributed by atoms with Gasteiger partial charge in [-0.1, -0.05) is 109 Å². The molecule has 1 aliphatic rings. The molecule has 102 heavy (non-hydrogen) atoms. The minimum atomic E-state index is -4.55. The Kier molecular flexibility index (Phi) is 47.2. The normalized spacial score (nSPS) is 12.5. The summed E-state index contributed by atoms with van der Waals surface area (Å²) in [5.74, 6) is -1.36. The van der Waals surface area contributed by atoms with E-state index >= 15 is 0 Å². The monoisotopic (exact) mass is 1580 g/mol. The van der Waals surface area contributed by atoms with E-state index in [0.717, 1.165) is 0 Å². The first-order valence-electron chi connectivity index (χ1n) is 31.4. The average molecular weight is 1590 g/mol. The molecule has 6 aromatic carbocycles. The van der Waals surface area contributed by atoms with Crippen LogP contribution in [0, 0.1) is 0 Å². The smallest absolute Gasteiger partial charge is 0.748 e. The molecule has 0 saturated heterocycles. The number of fused-ring (bicyclic) bond motifs is 12. The van der Waals surface area contributed by atoms with Crippen LogP contribution in [0.25, 0.3) is 0 Å². The Morgan fingerprint density at radius 1 is 0.206 bits per heavy atom. The van der Waals surface area contributed by atoms with E-state index in [0.29, 0.717) is 101 Å². The predicted octanol–water partition coefficient (Wildman–Crippen LogP) is -10.2. The maximum absolute atomic E-state index is 11.7. The van der Waals surface area contributed by atoms with Crippen LogP contribution in [0.15, 0.2) is 109 Å². The van der Waals surface area contributed by atoms with Crippen LogP contribution in [-0.4, -0.2) is 152 Å². The second kappa shape index (κ2) is 48.4. The number of rotatable bonds is 36. The third-order valence-corrected chi connectivity index (χ3v) is 20.3. The Hall–Kier alpha value is -0.420. The van der Waals surface area contributed by atoms with Gasteiger partial charge in [-0.2, -0.15) is 0 Å². The summed E-state index contributed by atoms with van der Waals surface area (Å²) in [6.07, 6.45) is 1.76. The fourth-order valence-electron chi connectivity index (χ4n) is 11.2. The number of benzene rings is 6. The standard InChI is InChI=1S/C66H84O24S6.6Na/c67-91(68,69)37-7-1-31-85-61-49-19-13-20-50(61)44-52-22-15-24-54(63(52)87-33-3-9-39-93(73,74)75)46-56-26-17-28-58(65(56)89-35-5-11-41-95(79,80)81)48-60-30-18-29-59(66(60)90-36-6-12-42-96(82,83)84)47-57-27-16-25-55(64(57)88-34-4-10-40-94(76,77)78)45-53-23-14-21-51(43-49)62(53)86-32-2-8-38-92(70,71)72;;;;;;/h13-30H,1-12,31-48H2,(H,67,68,69)(H,70,71,72)(H,73,74,75)(H,76,77,78)(H,79,80,81)(H,82,83,84);;;;;;/q;6*+1/p-6. The molecule has 6 aromatic rings. The Balaban J connectivity index is 0.00000867. The molecule has 0 heterocycles. The van der Waals surface area contributed by atoms with Gasteiger partial charge >= 0.3 is 177 Å². The second-order valence-electron chi connectivity index (χ2n) is 23.4. The van der Waals surface area contributed by atoms with Crippen LogP contribution in [0.4, 0.5) is 0 Å². The quantitative estimate of drug-likeness (QED) is 0.0200. The molecule has 36 heteroatoms. The van der Waals surface area contributed by atoms with Gasteiger partial charge in [0, 0.05) is 73.0 Å². The number of para-hydroxylation sites is 6. The first kappa shape index (κ1) is 99.6. The van der Waals surface area contributed by atoms with Crippen LogP contribution >= 0.6 is 0 Å². The summed E-state index contributed by atoms with van der Waals surface area (Å²) in [7, 11) is -27.3. The molecule has 24 nitrogen and oxygen atoms in total. The summed E-state index contributed by atoms with van der Waals surface area (Å²) in [5.41, 5.74) is 7.54. The van der Waals surface area contributed by atoms with Crippen molar-refractivity contribution in [3.05, 3.63) is 176 Å². The van der Waals surface area contributed by atoms with Gasteiger partial charge in [0.25, 0.3) is 0 Å². The van der Waals surface area contributed by atoms with Crippen molar-refractivity contribution in [2.24, 2.45) is 0 Å². The van der Waals surface area contributed by atoms with Crippen molar-refractivity contribution in [1.82, 2.24) is 0 Å². The molecule has 0 amide bonds. The van der Waals surface area contributed by atoms with E-state index < -0.39 is 95.2 Å². The molecule has 0 unspecified atom stereocenters. The maximum atomic E-state index is 11.7. The molecule has 0 saturated carbocycles. The van der Waals surface area contributed by atoms with Gasteiger partial charge in [0.1, 0.15) is 34.5 Å². The fraction of sp³-hybridized carbons (Fsp3) is 0.455. The van der Waals surface area contributed by atoms with Crippen LogP contribution in [0.3, 0.4) is 0 Å². The third-order valence-electron chi connectivity index (χ3n) is 15.6. The molecule has 0 aromatic heterocycles. The summed E-state index contributed by atoms with van der Waals surface area (Å²) in [6.45, 7) is -0.158. The number of unbranched alkanes of at least 4 members (excludes halogenated alkanes) is 6. The fourth-order valence-corrected chi connectivity index (χ4v) is 14.5. The Labute approximate surface area is 734 Å². The molecule has 0 aliphatic heterocycles. The van der Waals surface area contributed by atoms with E-state index in [1.54, 1.807) is 0 Å². The molecule has 12 bridgehead atoms. The summed E-state index contributed by atoms with van der Waals surface area (Å²) in [4.78, 5) is 0. The minimum absolute atomic E-state index is 0. The second-order valence-corrected chi connectivity index (χ2v) is 32.5. The van der Waals surface area contributed by atoms with E-state index in [-0.39, 0.29) is 333 Å². The van der Waals surface area contributed by atoms with E-state index in [1.807, 2.05) is 109 Å². The minimum Gasteiger partial charge on any atom is -0.748 e. The Morgan fingerprint density at radius 3 is 0.412 bits per heavy atom. The molecule has 0 fully saturated rings. The van der Waals surface area contributed by atoms with Crippen LogP contribution in [0.1, 0.15) is 144 Å². The molecule has 7 rings (SSSR count). The first-order valence-corrected chi connectivity index (χ1v) is 40.9. The molecule has 0 radical (unpaired) electrons. The topological polar surface area (TPSA) is 399 Å². The van der Waals surface area contributed by atoms with Gasteiger partial charge in [0.2, 0.25) is 0 Å². The third kappa shape index (κ3) is 37.1. The number of hydrogen-bond acceptors (Lipinski definition) is 24. The predicted molar refractivity (Wildman–Crippen MR) is 351 cm³/mol. The van der Waals surface area contributed by atoms with Crippen molar-refractivity contribution in [2.45, 2.75) is 116 Å². The summed E-state index contributed by atoms with van der Waals surface area (Å²) < 4.78 is 250. The van der Waals surface area contributed by atoms with Crippen LogP contribution < -0.4 is 206 Å². The van der Waals surface area contributed by atoms with Gasteiger partial charge in [0.05, 0.1) is 100 Å². The van der Waals surface area contributed by atoms with Gasteiger partial charge in [-0.3, -0.25) is 0 Å². The number of hydrogen-bond donors (Lipinski definition) is 0. The summed E-state index contributed by atoms with van der Waals surface area (Å²) in [5, 5.41) is 0. The Bertz CT molecular complexity index is 3490. The summed E-state index contributed by atoms with van der Waals surface area (Å²) >= 11 is 0. The molecule has 528 valence electrons. The largest absolute Gasteiger partial charge is 1.00 e. The van der Waals surface area contributed by atoms with Crippen molar-refractivity contribution in [3.63, 3.8) is 0 Å². The van der Waals surface area contributed by atoms with Gasteiger partial charge in [-0.05, 0) is 144 Å². The van der Waals surface area contributed by atoms with Crippen LogP contribution in [-0.2, 0) is 99.2 Å². The van der Waals surface area contributed by atoms with E-state index in [4.69, 9.17) is 28.4 Å². The van der Waals surface area contributed by atoms with E-state index in [1.165, 1.54) is 0 Å². The van der Waals surface area contributed by atoms with E-state index in [2.05, 4.69) is 0 Å². The van der Waals surface area contributed by atoms with Gasteiger partial charge in [-0.15, -0.1) is 0 Å². The number of ether oxygens (including phenoxy) is 6. The average Bonchev–Trinajstić information content (AvgIpc) is 0.799.